The van der Waals surface area contributed by atoms with Crippen LogP contribution in [0.5, 0.6) is 0 Å². The molecule has 0 saturated heterocycles. The van der Waals surface area contributed by atoms with Crippen LogP contribution in [-0.4, -0.2) is 23.2 Å². The third-order valence-corrected chi connectivity index (χ3v) is 2.66. The first kappa shape index (κ1) is 12.5. The fraction of sp³-hybridized carbons (Fsp3) is 0.357. The maximum Gasteiger partial charge on any atom is 0.194 e. The van der Waals surface area contributed by atoms with Gasteiger partial charge in [0.2, 0.25) is 0 Å². The Morgan fingerprint density at radius 1 is 1.33 bits per heavy atom. The smallest absolute Gasteiger partial charge is 0.194 e. The number of unbranched alkanes of at least 4 members (excludes halogenated alkanes) is 1. The van der Waals surface area contributed by atoms with Crippen molar-refractivity contribution < 1.29 is 4.42 Å². The molecule has 2 aromatic heterocycles. The summed E-state index contributed by atoms with van der Waals surface area (Å²) in [5.74, 6) is 0.788. The fourth-order valence-electron chi connectivity index (χ4n) is 1.78. The van der Waals surface area contributed by atoms with Crippen molar-refractivity contribution in [2.24, 2.45) is 4.99 Å². The Hall–Kier alpha value is -1.97. The minimum atomic E-state index is 0.788. The molecule has 0 aliphatic heterocycles. The van der Waals surface area contributed by atoms with Crippen molar-refractivity contribution in [2.75, 3.05) is 7.05 Å². The maximum atomic E-state index is 5.35. The van der Waals surface area contributed by atoms with Crippen LogP contribution >= 0.6 is 0 Å². The molecule has 4 heteroatoms. The molecule has 4 nitrogen and oxygen atoms in total. The molecule has 2 aromatic rings. The SMILES string of the molecule is CN=Cc1coc(CCCCc2cccnc2)n1. The van der Waals surface area contributed by atoms with E-state index in [1.165, 1.54) is 5.56 Å². The number of hydrogen-bond acceptors (Lipinski definition) is 4. The normalized spacial score (nSPS) is 11.2. The molecule has 0 amide bonds. The molecular weight excluding hydrogens is 226 g/mol. The van der Waals surface area contributed by atoms with E-state index in [1.807, 2.05) is 12.3 Å². The Kier molecular flexibility index (Phi) is 4.64. The van der Waals surface area contributed by atoms with E-state index in [4.69, 9.17) is 4.42 Å². The van der Waals surface area contributed by atoms with Gasteiger partial charge in [-0.15, -0.1) is 0 Å². The van der Waals surface area contributed by atoms with E-state index in [0.717, 1.165) is 37.3 Å². The number of hydrogen-bond donors (Lipinski definition) is 0. The summed E-state index contributed by atoms with van der Waals surface area (Å²) in [6.07, 6.45) is 11.2. The molecule has 0 unspecified atom stereocenters. The van der Waals surface area contributed by atoms with Gasteiger partial charge in [-0.05, 0) is 30.9 Å². The van der Waals surface area contributed by atoms with E-state index in [1.54, 1.807) is 25.7 Å². The predicted molar refractivity (Wildman–Crippen MR) is 70.9 cm³/mol. The van der Waals surface area contributed by atoms with E-state index in [9.17, 15) is 0 Å². The monoisotopic (exact) mass is 243 g/mol. The third-order valence-electron chi connectivity index (χ3n) is 2.66. The Bertz CT molecular complexity index is 491. The van der Waals surface area contributed by atoms with Gasteiger partial charge in [-0.25, -0.2) is 4.98 Å². The summed E-state index contributed by atoms with van der Waals surface area (Å²) in [4.78, 5) is 12.3. The quantitative estimate of drug-likeness (QED) is 0.579. The molecule has 0 aliphatic rings. The number of rotatable bonds is 6. The third kappa shape index (κ3) is 3.80. The highest BCUT2D eigenvalue weighted by Gasteiger charge is 2.02. The molecule has 0 bridgehead atoms. The van der Waals surface area contributed by atoms with Crippen LogP contribution in [0.1, 0.15) is 30.0 Å². The van der Waals surface area contributed by atoms with Gasteiger partial charge in [0, 0.05) is 32.1 Å². The van der Waals surface area contributed by atoms with Crippen LogP contribution in [0, 0.1) is 0 Å². The average Bonchev–Trinajstić information content (AvgIpc) is 2.84. The molecule has 0 aliphatic carbocycles. The largest absolute Gasteiger partial charge is 0.448 e. The first-order valence-corrected chi connectivity index (χ1v) is 6.14. The number of aryl methyl sites for hydroxylation is 2. The van der Waals surface area contributed by atoms with Crippen molar-refractivity contribution in [3.8, 4) is 0 Å². The second-order valence-electron chi connectivity index (χ2n) is 4.12. The lowest BCUT2D eigenvalue weighted by molar-refractivity contribution is 0.483. The lowest BCUT2D eigenvalue weighted by Crippen LogP contribution is -1.90. The van der Waals surface area contributed by atoms with Crippen LogP contribution in [0.2, 0.25) is 0 Å². The number of oxazole rings is 1. The van der Waals surface area contributed by atoms with Crippen molar-refractivity contribution in [1.82, 2.24) is 9.97 Å². The first-order chi connectivity index (χ1) is 8.88. The molecular formula is C14H17N3O. The van der Waals surface area contributed by atoms with Crippen LogP contribution < -0.4 is 0 Å². The molecule has 0 atom stereocenters. The van der Waals surface area contributed by atoms with E-state index in [2.05, 4.69) is 21.0 Å². The van der Waals surface area contributed by atoms with Gasteiger partial charge >= 0.3 is 0 Å². The molecule has 0 saturated carbocycles. The summed E-state index contributed by atoms with van der Waals surface area (Å²) in [6.45, 7) is 0. The average molecular weight is 243 g/mol. The zero-order valence-electron chi connectivity index (χ0n) is 10.5. The Morgan fingerprint density at radius 3 is 3.00 bits per heavy atom. The number of nitrogens with zero attached hydrogens (tertiary/aromatic N) is 3. The van der Waals surface area contributed by atoms with Gasteiger partial charge in [0.05, 0.1) is 0 Å². The van der Waals surface area contributed by atoms with Gasteiger partial charge in [-0.3, -0.25) is 9.98 Å². The second-order valence-corrected chi connectivity index (χ2v) is 4.12. The molecule has 0 spiro atoms. The number of pyridine rings is 1. The summed E-state index contributed by atoms with van der Waals surface area (Å²) in [6, 6.07) is 4.08. The summed E-state index contributed by atoms with van der Waals surface area (Å²) in [7, 11) is 1.72. The highest BCUT2D eigenvalue weighted by atomic mass is 16.3. The Balaban J connectivity index is 1.72. The highest BCUT2D eigenvalue weighted by molar-refractivity contribution is 5.76. The van der Waals surface area contributed by atoms with E-state index < -0.39 is 0 Å². The summed E-state index contributed by atoms with van der Waals surface area (Å²) in [5.41, 5.74) is 2.07. The van der Waals surface area contributed by atoms with Crippen molar-refractivity contribution >= 4 is 6.21 Å². The fourth-order valence-corrected chi connectivity index (χ4v) is 1.78. The van der Waals surface area contributed by atoms with Gasteiger partial charge in [-0.2, -0.15) is 0 Å². The van der Waals surface area contributed by atoms with Crippen molar-refractivity contribution in [3.05, 3.63) is 47.9 Å². The van der Waals surface area contributed by atoms with Crippen molar-refractivity contribution in [2.45, 2.75) is 25.7 Å². The van der Waals surface area contributed by atoms with Gasteiger partial charge < -0.3 is 4.42 Å². The molecule has 0 fully saturated rings. The zero-order valence-corrected chi connectivity index (χ0v) is 10.5. The minimum absolute atomic E-state index is 0.788. The van der Waals surface area contributed by atoms with Crippen LogP contribution in [0.15, 0.2) is 40.2 Å². The van der Waals surface area contributed by atoms with Gasteiger partial charge in [-0.1, -0.05) is 6.07 Å². The molecule has 2 rings (SSSR count). The molecule has 94 valence electrons. The second kappa shape index (κ2) is 6.69. The van der Waals surface area contributed by atoms with Crippen LogP contribution in [0.4, 0.5) is 0 Å². The highest BCUT2D eigenvalue weighted by Crippen LogP contribution is 2.08. The van der Waals surface area contributed by atoms with Gasteiger partial charge in [0.15, 0.2) is 5.89 Å². The number of aliphatic imine (C=N–C) groups is 1. The van der Waals surface area contributed by atoms with Crippen molar-refractivity contribution in [3.63, 3.8) is 0 Å². The standard InChI is InChI=1S/C14H17N3O/c1-15-10-13-11-18-14(17-13)7-3-2-5-12-6-4-8-16-9-12/h4,6,8-11H,2-3,5,7H2,1H3. The topological polar surface area (TPSA) is 51.3 Å². The van der Waals surface area contributed by atoms with Crippen LogP contribution in [0.25, 0.3) is 0 Å². The molecule has 0 aromatic carbocycles. The Labute approximate surface area is 107 Å². The first-order valence-electron chi connectivity index (χ1n) is 6.14. The van der Waals surface area contributed by atoms with E-state index in [0.29, 0.717) is 0 Å². The zero-order chi connectivity index (χ0) is 12.6. The summed E-state index contributed by atoms with van der Waals surface area (Å²) < 4.78 is 5.35. The van der Waals surface area contributed by atoms with Crippen LogP contribution in [0.3, 0.4) is 0 Å². The number of aromatic nitrogens is 2. The molecule has 0 radical (unpaired) electrons. The van der Waals surface area contributed by atoms with Gasteiger partial charge in [0.1, 0.15) is 12.0 Å². The summed E-state index contributed by atoms with van der Waals surface area (Å²) >= 11 is 0. The molecule has 2 heterocycles. The summed E-state index contributed by atoms with van der Waals surface area (Å²) in [5, 5.41) is 0. The lowest BCUT2D eigenvalue weighted by Gasteiger charge is -1.99. The van der Waals surface area contributed by atoms with E-state index >= 15 is 0 Å². The molecule has 0 N–H and O–H groups in total. The van der Waals surface area contributed by atoms with Crippen LogP contribution in [-0.2, 0) is 12.8 Å². The predicted octanol–water partition coefficient (Wildman–Crippen LogP) is 2.68. The van der Waals surface area contributed by atoms with E-state index in [-0.39, 0.29) is 0 Å². The van der Waals surface area contributed by atoms with Gasteiger partial charge in [0.25, 0.3) is 0 Å². The molecule has 18 heavy (non-hydrogen) atoms. The maximum absolute atomic E-state index is 5.35. The minimum Gasteiger partial charge on any atom is -0.448 e. The lowest BCUT2D eigenvalue weighted by atomic mass is 10.1. The van der Waals surface area contributed by atoms with Crippen molar-refractivity contribution in [1.29, 1.82) is 0 Å². The Morgan fingerprint density at radius 2 is 2.22 bits per heavy atom.